The first-order valence-corrected chi connectivity index (χ1v) is 21.4. The van der Waals surface area contributed by atoms with Gasteiger partial charge in [-0.1, -0.05) is 206 Å². The topological polar surface area (TPSA) is 66.4 Å². The minimum Gasteiger partial charge on any atom is -0.550 e. The summed E-state index contributed by atoms with van der Waals surface area (Å²) in [6, 6.07) is 0. The molecule has 0 saturated heterocycles. The Morgan fingerprint density at radius 1 is 0.479 bits per heavy atom. The van der Waals surface area contributed by atoms with Crippen molar-refractivity contribution in [2.45, 2.75) is 232 Å². The third-order valence-corrected chi connectivity index (χ3v) is 10.1. The maximum Gasteiger partial charge on any atom is 0.306 e. The number of carbonyl (C=O) groups is 2. The number of carbonyl (C=O) groups excluding carboxylic acids is 2. The van der Waals surface area contributed by atoms with Crippen LogP contribution in [0.25, 0.3) is 0 Å². The molecule has 0 bridgehead atoms. The van der Waals surface area contributed by atoms with Crippen LogP contribution in [0.5, 0.6) is 0 Å². The predicted molar refractivity (Wildman–Crippen MR) is 205 cm³/mol. The van der Waals surface area contributed by atoms with Gasteiger partial charge in [-0.3, -0.25) is 4.79 Å². The van der Waals surface area contributed by atoms with E-state index in [0.717, 1.165) is 38.5 Å². The molecule has 0 aromatic carbocycles. The van der Waals surface area contributed by atoms with Crippen molar-refractivity contribution in [1.29, 1.82) is 0 Å². The molecule has 0 aliphatic carbocycles. The van der Waals surface area contributed by atoms with Crippen LogP contribution in [0.1, 0.15) is 226 Å². The van der Waals surface area contributed by atoms with Gasteiger partial charge in [0.05, 0.1) is 21.1 Å². The highest BCUT2D eigenvalue weighted by molar-refractivity contribution is 5.72. The van der Waals surface area contributed by atoms with Crippen molar-refractivity contribution in [3.8, 4) is 0 Å². The molecule has 0 aliphatic rings. The Morgan fingerprint density at radius 2 is 0.771 bits per heavy atom. The van der Waals surface area contributed by atoms with E-state index in [1.807, 2.05) is 21.1 Å². The Morgan fingerprint density at radius 3 is 1.06 bits per heavy atom. The molecule has 0 aliphatic heterocycles. The van der Waals surface area contributed by atoms with Crippen LogP contribution in [0.2, 0.25) is 0 Å². The minimum atomic E-state index is -1.07. The molecule has 0 aromatic rings. The molecule has 0 heterocycles. The Labute approximate surface area is 300 Å². The fourth-order valence-corrected chi connectivity index (χ4v) is 7.02. The molecule has 0 fully saturated rings. The molecule has 2 atom stereocenters. The SMILES string of the molecule is CCCCCCCCCCCCCCCCCCC(C(=O)[O-])C(C[N+](C)(C)C)OC(=O)CCCCCCCCCCCCCCCCC. The number of aliphatic carboxylic acids is 1. The first-order chi connectivity index (χ1) is 23.2. The summed E-state index contributed by atoms with van der Waals surface area (Å²) in [5.41, 5.74) is 0. The summed E-state index contributed by atoms with van der Waals surface area (Å²) in [5.74, 6) is -2.06. The maximum absolute atomic E-state index is 12.8. The zero-order valence-electron chi connectivity index (χ0n) is 33.3. The van der Waals surface area contributed by atoms with E-state index >= 15 is 0 Å². The smallest absolute Gasteiger partial charge is 0.306 e. The summed E-state index contributed by atoms with van der Waals surface area (Å²) < 4.78 is 6.43. The second kappa shape index (κ2) is 34.4. The molecule has 0 N–H and O–H groups in total. The second-order valence-electron chi connectivity index (χ2n) is 16.2. The van der Waals surface area contributed by atoms with Crippen molar-refractivity contribution in [3.63, 3.8) is 0 Å². The van der Waals surface area contributed by atoms with Crippen molar-refractivity contribution in [3.05, 3.63) is 0 Å². The molecule has 2 unspecified atom stereocenters. The summed E-state index contributed by atoms with van der Waals surface area (Å²) in [6.45, 7) is 5.04. The van der Waals surface area contributed by atoms with Crippen LogP contribution in [0.3, 0.4) is 0 Å². The Kier molecular flexibility index (Phi) is 33.6. The van der Waals surface area contributed by atoms with Crippen LogP contribution in [-0.4, -0.2) is 50.2 Å². The summed E-state index contributed by atoms with van der Waals surface area (Å²) in [4.78, 5) is 25.0. The maximum atomic E-state index is 12.8. The van der Waals surface area contributed by atoms with E-state index in [9.17, 15) is 14.7 Å². The van der Waals surface area contributed by atoms with Gasteiger partial charge >= 0.3 is 5.97 Å². The summed E-state index contributed by atoms with van der Waals surface area (Å²) in [5, 5.41) is 12.2. The highest BCUT2D eigenvalue weighted by Crippen LogP contribution is 2.21. The quantitative estimate of drug-likeness (QED) is 0.0370. The van der Waals surface area contributed by atoms with Crippen molar-refractivity contribution in [2.75, 3.05) is 27.7 Å². The van der Waals surface area contributed by atoms with Gasteiger partial charge in [0.15, 0.2) is 6.10 Å². The molecule has 0 amide bonds. The van der Waals surface area contributed by atoms with E-state index in [1.165, 1.54) is 161 Å². The lowest BCUT2D eigenvalue weighted by molar-refractivity contribution is -0.873. The fraction of sp³-hybridized carbons (Fsp3) is 0.953. The lowest BCUT2D eigenvalue weighted by Gasteiger charge is -2.34. The van der Waals surface area contributed by atoms with Crippen molar-refractivity contribution in [2.24, 2.45) is 5.92 Å². The Balaban J connectivity index is 4.07. The van der Waals surface area contributed by atoms with Gasteiger partial charge in [-0.25, -0.2) is 0 Å². The number of carboxylic acid groups (broad SMARTS) is 1. The van der Waals surface area contributed by atoms with E-state index in [2.05, 4.69) is 13.8 Å². The molecule has 48 heavy (non-hydrogen) atoms. The van der Waals surface area contributed by atoms with Gasteiger partial charge in [0.2, 0.25) is 0 Å². The zero-order chi connectivity index (χ0) is 35.6. The third-order valence-electron chi connectivity index (χ3n) is 10.1. The van der Waals surface area contributed by atoms with Crippen molar-refractivity contribution in [1.82, 2.24) is 0 Å². The molecule has 0 radical (unpaired) electrons. The number of hydrogen-bond donors (Lipinski definition) is 0. The highest BCUT2D eigenvalue weighted by Gasteiger charge is 2.31. The number of hydrogen-bond acceptors (Lipinski definition) is 4. The molecular formula is C43H85NO4. The molecule has 286 valence electrons. The summed E-state index contributed by atoms with van der Waals surface area (Å²) in [6.07, 6.45) is 40.3. The van der Waals surface area contributed by atoms with Gasteiger partial charge in [-0.05, 0) is 12.8 Å². The molecule has 0 saturated carbocycles. The molecule has 5 nitrogen and oxygen atoms in total. The predicted octanol–water partition coefficient (Wildman–Crippen LogP) is 11.9. The van der Waals surface area contributed by atoms with E-state index in [-0.39, 0.29) is 5.97 Å². The standard InChI is InChI=1S/C43H85NO4/c1-6-8-10-12-14-16-18-20-22-24-25-27-29-31-33-35-37-40(43(46)47)41(39-44(3,4)5)48-42(45)38-36-34-32-30-28-26-23-21-19-17-15-13-11-9-7-2/h40-41H,6-39H2,1-5H3. The number of rotatable bonds is 38. The number of carboxylic acids is 1. The van der Waals surface area contributed by atoms with E-state index in [0.29, 0.717) is 23.9 Å². The number of likely N-dealkylation sites (N-methyl/N-ethyl adjacent to an activating group) is 1. The number of nitrogens with zero attached hydrogens (tertiary/aromatic N) is 1. The summed E-state index contributed by atoms with van der Waals surface area (Å²) in [7, 11) is 6.07. The molecule has 0 rings (SSSR count). The Bertz CT molecular complexity index is 703. The minimum absolute atomic E-state index is 0.249. The van der Waals surface area contributed by atoms with Crippen molar-refractivity contribution < 1.29 is 23.9 Å². The highest BCUT2D eigenvalue weighted by atomic mass is 16.5. The van der Waals surface area contributed by atoms with Crippen LogP contribution in [0.4, 0.5) is 0 Å². The van der Waals surface area contributed by atoms with E-state index < -0.39 is 18.0 Å². The average molecular weight is 680 g/mol. The van der Waals surface area contributed by atoms with Gasteiger partial charge in [0.25, 0.3) is 0 Å². The zero-order valence-corrected chi connectivity index (χ0v) is 33.3. The third kappa shape index (κ3) is 33.4. The van der Waals surface area contributed by atoms with E-state index in [4.69, 9.17) is 4.74 Å². The first-order valence-electron chi connectivity index (χ1n) is 21.4. The average Bonchev–Trinajstić information content (AvgIpc) is 3.03. The van der Waals surface area contributed by atoms with Gasteiger partial charge in [0.1, 0.15) is 6.54 Å². The van der Waals surface area contributed by atoms with Crippen LogP contribution in [-0.2, 0) is 14.3 Å². The lowest BCUT2D eigenvalue weighted by Crippen LogP contribution is -2.50. The normalized spacial score (nSPS) is 13.1. The van der Waals surface area contributed by atoms with Crippen LogP contribution >= 0.6 is 0 Å². The monoisotopic (exact) mass is 680 g/mol. The summed E-state index contributed by atoms with van der Waals surface area (Å²) >= 11 is 0. The second-order valence-corrected chi connectivity index (χ2v) is 16.2. The first kappa shape index (κ1) is 46.9. The number of esters is 1. The van der Waals surface area contributed by atoms with Gasteiger partial charge in [0, 0.05) is 18.3 Å². The number of unbranched alkanes of at least 4 members (excludes halogenated alkanes) is 29. The number of quaternary nitrogens is 1. The largest absolute Gasteiger partial charge is 0.550 e. The van der Waals surface area contributed by atoms with Gasteiger partial charge in [-0.2, -0.15) is 0 Å². The van der Waals surface area contributed by atoms with Gasteiger partial charge in [-0.15, -0.1) is 0 Å². The molecule has 0 aromatic heterocycles. The number of ether oxygens (including phenoxy) is 1. The Hall–Kier alpha value is -1.10. The van der Waals surface area contributed by atoms with Crippen molar-refractivity contribution >= 4 is 11.9 Å². The molecular weight excluding hydrogens is 594 g/mol. The van der Waals surface area contributed by atoms with Crippen LogP contribution in [0, 0.1) is 5.92 Å². The van der Waals surface area contributed by atoms with E-state index in [1.54, 1.807) is 0 Å². The van der Waals surface area contributed by atoms with Gasteiger partial charge < -0.3 is 19.1 Å². The molecule has 5 heteroatoms. The van der Waals surface area contributed by atoms with Crippen LogP contribution in [0.15, 0.2) is 0 Å². The molecule has 0 spiro atoms. The fourth-order valence-electron chi connectivity index (χ4n) is 7.02. The lowest BCUT2D eigenvalue weighted by atomic mass is 9.94. The van der Waals surface area contributed by atoms with Crippen LogP contribution < -0.4 is 5.11 Å².